The second-order valence-electron chi connectivity index (χ2n) is 7.21. The number of benzene rings is 2. The number of ether oxygens (including phenoxy) is 2. The lowest BCUT2D eigenvalue weighted by Gasteiger charge is -2.42. The summed E-state index contributed by atoms with van der Waals surface area (Å²) in [6.07, 6.45) is 2.92. The Hall–Kier alpha value is -1.92. The normalized spacial score (nSPS) is 20.0. The molecule has 2 aromatic carbocycles. The van der Waals surface area contributed by atoms with Gasteiger partial charge in [-0.2, -0.15) is 0 Å². The molecule has 0 heterocycles. The third kappa shape index (κ3) is 3.87. The Morgan fingerprint density at radius 1 is 1.30 bits per heavy atom. The Morgan fingerprint density at radius 3 is 2.78 bits per heavy atom. The number of methoxy groups -OCH3 is 1. The third-order valence-corrected chi connectivity index (χ3v) is 6.09. The smallest absolute Gasteiger partial charge is 0.312 e. The maximum absolute atomic E-state index is 11.4. The van der Waals surface area contributed by atoms with Gasteiger partial charge in [-0.15, -0.1) is 0 Å². The first-order valence-corrected chi connectivity index (χ1v) is 9.86. The van der Waals surface area contributed by atoms with Crippen LogP contribution in [0.3, 0.4) is 0 Å². The highest BCUT2D eigenvalue weighted by molar-refractivity contribution is 9.10. The summed E-state index contributed by atoms with van der Waals surface area (Å²) in [7, 11) is 1.71. The number of nitro groups is 1. The van der Waals surface area contributed by atoms with E-state index in [1.165, 1.54) is 22.8 Å². The van der Waals surface area contributed by atoms with Crippen molar-refractivity contribution < 1.29 is 14.4 Å². The summed E-state index contributed by atoms with van der Waals surface area (Å²) in [5.74, 6) is 0.283. The van der Waals surface area contributed by atoms with E-state index in [0.717, 1.165) is 19.3 Å². The zero-order valence-electron chi connectivity index (χ0n) is 15.8. The molecule has 0 saturated carbocycles. The minimum atomic E-state index is -0.412. The first-order chi connectivity index (χ1) is 12.9. The number of halogens is 1. The van der Waals surface area contributed by atoms with Gasteiger partial charge in [0.1, 0.15) is 6.61 Å². The van der Waals surface area contributed by atoms with Crippen molar-refractivity contribution in [1.82, 2.24) is 0 Å². The van der Waals surface area contributed by atoms with E-state index in [0.29, 0.717) is 11.1 Å². The maximum Gasteiger partial charge on any atom is 0.312 e. The van der Waals surface area contributed by atoms with Crippen LogP contribution in [0, 0.1) is 17.0 Å². The molecule has 0 aromatic heterocycles. The topological polar surface area (TPSA) is 61.6 Å². The van der Waals surface area contributed by atoms with Crippen LogP contribution in [0.2, 0.25) is 0 Å². The van der Waals surface area contributed by atoms with Gasteiger partial charge in [0.2, 0.25) is 0 Å². The van der Waals surface area contributed by atoms with Crippen LogP contribution in [-0.2, 0) is 16.6 Å². The highest BCUT2D eigenvalue weighted by atomic mass is 79.9. The summed E-state index contributed by atoms with van der Waals surface area (Å²) in [6, 6.07) is 11.4. The van der Waals surface area contributed by atoms with Gasteiger partial charge in [0, 0.05) is 17.6 Å². The molecule has 0 saturated heterocycles. The number of nitrogens with zero attached hydrogens (tertiary/aromatic N) is 1. The first kappa shape index (κ1) is 19.8. The van der Waals surface area contributed by atoms with Gasteiger partial charge in [0.25, 0.3) is 0 Å². The van der Waals surface area contributed by atoms with Crippen LogP contribution >= 0.6 is 15.9 Å². The van der Waals surface area contributed by atoms with Crippen molar-refractivity contribution in [1.29, 1.82) is 0 Å². The van der Waals surface area contributed by atoms with Gasteiger partial charge in [-0.05, 0) is 56.4 Å². The molecule has 1 unspecified atom stereocenters. The summed E-state index contributed by atoms with van der Waals surface area (Å²) in [5, 5.41) is 11.4. The third-order valence-electron chi connectivity index (χ3n) is 5.60. The standard InChI is InChI=1S/C21H24BrNO4/c1-14-6-8-18-16(11-14)5-4-10-21(18,15(2)26-3)13-27-20-9-7-17(22)12-19(20)23(24)25/h6-9,11-12,15H,4-5,10,13H2,1-3H3/t15?,21-/m1/s1. The molecule has 6 heteroatoms. The van der Waals surface area contributed by atoms with Crippen molar-refractivity contribution in [2.75, 3.05) is 13.7 Å². The summed E-state index contributed by atoms with van der Waals surface area (Å²) >= 11 is 3.29. The van der Waals surface area contributed by atoms with Gasteiger partial charge < -0.3 is 9.47 Å². The summed E-state index contributed by atoms with van der Waals surface area (Å²) in [6.45, 7) is 4.48. The van der Waals surface area contributed by atoms with E-state index in [2.05, 4.69) is 41.1 Å². The van der Waals surface area contributed by atoms with Gasteiger partial charge in [-0.25, -0.2) is 0 Å². The second-order valence-corrected chi connectivity index (χ2v) is 8.12. The van der Waals surface area contributed by atoms with E-state index in [4.69, 9.17) is 9.47 Å². The molecule has 0 radical (unpaired) electrons. The van der Waals surface area contributed by atoms with Gasteiger partial charge in [-0.3, -0.25) is 10.1 Å². The van der Waals surface area contributed by atoms with E-state index in [9.17, 15) is 10.1 Å². The molecule has 27 heavy (non-hydrogen) atoms. The molecule has 0 fully saturated rings. The van der Waals surface area contributed by atoms with Crippen LogP contribution in [0.25, 0.3) is 0 Å². The lowest BCUT2D eigenvalue weighted by Crippen LogP contribution is -2.46. The van der Waals surface area contributed by atoms with Crippen molar-refractivity contribution in [3.63, 3.8) is 0 Å². The van der Waals surface area contributed by atoms with Crippen molar-refractivity contribution in [2.24, 2.45) is 0 Å². The molecule has 1 aliphatic rings. The zero-order valence-corrected chi connectivity index (χ0v) is 17.4. The fourth-order valence-corrected chi connectivity index (χ4v) is 4.37. The Morgan fingerprint density at radius 2 is 2.07 bits per heavy atom. The van der Waals surface area contributed by atoms with Crippen molar-refractivity contribution in [2.45, 2.75) is 44.6 Å². The molecule has 0 N–H and O–H groups in total. The van der Waals surface area contributed by atoms with E-state index in [1.54, 1.807) is 19.2 Å². The van der Waals surface area contributed by atoms with Gasteiger partial charge in [-0.1, -0.05) is 39.7 Å². The Labute approximate surface area is 168 Å². The van der Waals surface area contributed by atoms with Gasteiger partial charge in [0.05, 0.1) is 16.4 Å². The lowest BCUT2D eigenvalue weighted by molar-refractivity contribution is -0.386. The summed E-state index contributed by atoms with van der Waals surface area (Å²) < 4.78 is 12.5. The van der Waals surface area contributed by atoms with Crippen LogP contribution in [0.5, 0.6) is 5.75 Å². The molecule has 2 aromatic rings. The number of aryl methyl sites for hydroxylation is 2. The minimum Gasteiger partial charge on any atom is -0.486 e. The fraction of sp³-hybridized carbons (Fsp3) is 0.429. The highest BCUT2D eigenvalue weighted by Gasteiger charge is 2.43. The van der Waals surface area contributed by atoms with Crippen LogP contribution in [0.1, 0.15) is 36.5 Å². The predicted molar refractivity (Wildman–Crippen MR) is 109 cm³/mol. The highest BCUT2D eigenvalue weighted by Crippen LogP contribution is 2.42. The van der Waals surface area contributed by atoms with E-state index in [1.807, 2.05) is 6.92 Å². The summed E-state index contributed by atoms with van der Waals surface area (Å²) in [5.41, 5.74) is 3.41. The zero-order chi connectivity index (χ0) is 19.6. The fourth-order valence-electron chi connectivity index (χ4n) is 4.02. The van der Waals surface area contributed by atoms with Crippen LogP contribution < -0.4 is 4.74 Å². The van der Waals surface area contributed by atoms with Crippen LogP contribution in [0.4, 0.5) is 5.69 Å². The average molecular weight is 434 g/mol. The SMILES string of the molecule is COC(C)[C@]1(COc2ccc(Br)cc2[N+](=O)[O-])CCCc2cc(C)ccc21. The quantitative estimate of drug-likeness (QED) is 0.454. The first-order valence-electron chi connectivity index (χ1n) is 9.07. The molecule has 0 aliphatic heterocycles. The van der Waals surface area contributed by atoms with Crippen LogP contribution in [0.15, 0.2) is 40.9 Å². The van der Waals surface area contributed by atoms with Crippen LogP contribution in [-0.4, -0.2) is 24.7 Å². The van der Waals surface area contributed by atoms with E-state index >= 15 is 0 Å². The summed E-state index contributed by atoms with van der Waals surface area (Å²) in [4.78, 5) is 11.0. The number of hydrogen-bond donors (Lipinski definition) is 0. The molecular formula is C21H24BrNO4. The molecule has 0 bridgehead atoms. The molecule has 0 amide bonds. The number of hydrogen-bond acceptors (Lipinski definition) is 4. The molecule has 0 spiro atoms. The maximum atomic E-state index is 11.4. The van der Waals surface area contributed by atoms with Gasteiger partial charge >= 0.3 is 5.69 Å². The molecule has 1 aliphatic carbocycles. The Bertz CT molecular complexity index is 854. The largest absolute Gasteiger partial charge is 0.486 e. The Balaban J connectivity index is 1.99. The Kier molecular flexibility index (Phi) is 5.86. The molecular weight excluding hydrogens is 410 g/mol. The predicted octanol–water partition coefficient (Wildman–Crippen LogP) is 5.35. The number of rotatable bonds is 6. The van der Waals surface area contributed by atoms with E-state index in [-0.39, 0.29) is 23.0 Å². The van der Waals surface area contributed by atoms with Gasteiger partial charge in [0.15, 0.2) is 5.75 Å². The lowest BCUT2D eigenvalue weighted by atomic mass is 9.67. The monoisotopic (exact) mass is 433 g/mol. The number of nitro benzene ring substituents is 1. The molecule has 5 nitrogen and oxygen atoms in total. The van der Waals surface area contributed by atoms with Crippen molar-refractivity contribution in [3.05, 3.63) is 67.7 Å². The molecule has 3 rings (SSSR count). The number of fused-ring (bicyclic) bond motifs is 1. The average Bonchev–Trinajstić information content (AvgIpc) is 2.65. The van der Waals surface area contributed by atoms with Crippen molar-refractivity contribution in [3.8, 4) is 5.75 Å². The molecule has 2 atom stereocenters. The minimum absolute atomic E-state index is 0.0375. The van der Waals surface area contributed by atoms with E-state index < -0.39 is 4.92 Å². The van der Waals surface area contributed by atoms with Crippen molar-refractivity contribution >= 4 is 21.6 Å². The molecule has 144 valence electrons. The second kappa shape index (κ2) is 7.98.